The van der Waals surface area contributed by atoms with Crippen molar-refractivity contribution in [2.24, 2.45) is 0 Å². The van der Waals surface area contributed by atoms with Crippen LogP contribution in [0, 0.1) is 0 Å². The van der Waals surface area contributed by atoms with Crippen LogP contribution in [0.1, 0.15) is 23.8 Å². The molecule has 1 aromatic heterocycles. The van der Waals surface area contributed by atoms with Crippen molar-refractivity contribution in [3.05, 3.63) is 22.4 Å². The summed E-state index contributed by atoms with van der Waals surface area (Å²) in [7, 11) is 1.53. The maximum absolute atomic E-state index is 12.6. The fraction of sp³-hybridized carbons (Fsp3) is 0.538. The van der Waals surface area contributed by atoms with Gasteiger partial charge in [0.15, 0.2) is 0 Å². The SMILES string of the molecule is CCn1cc(Br)cc1C(=O)N1CC(OC)CC1C(=O)O. The van der Waals surface area contributed by atoms with Gasteiger partial charge >= 0.3 is 5.97 Å². The highest BCUT2D eigenvalue weighted by Gasteiger charge is 2.40. The van der Waals surface area contributed by atoms with Crippen LogP contribution in [-0.2, 0) is 16.1 Å². The van der Waals surface area contributed by atoms with Crippen LogP contribution in [0.3, 0.4) is 0 Å². The molecule has 0 aromatic carbocycles. The molecular weight excluding hydrogens is 328 g/mol. The number of methoxy groups -OCH3 is 1. The zero-order valence-corrected chi connectivity index (χ0v) is 13.0. The second-order valence-electron chi connectivity index (χ2n) is 4.73. The zero-order chi connectivity index (χ0) is 14.9. The molecule has 1 amide bonds. The van der Waals surface area contributed by atoms with E-state index >= 15 is 0 Å². The predicted octanol–water partition coefficient (Wildman–Crippen LogP) is 1.58. The maximum atomic E-state index is 12.6. The number of hydrogen-bond donors (Lipinski definition) is 1. The summed E-state index contributed by atoms with van der Waals surface area (Å²) in [6, 6.07) is 0.886. The second kappa shape index (κ2) is 5.97. The van der Waals surface area contributed by atoms with Crippen molar-refractivity contribution in [1.29, 1.82) is 0 Å². The Morgan fingerprint density at radius 3 is 2.80 bits per heavy atom. The molecular formula is C13H17BrN2O4. The number of aromatic nitrogens is 1. The van der Waals surface area contributed by atoms with E-state index in [4.69, 9.17) is 4.74 Å². The molecule has 1 N–H and O–H groups in total. The minimum atomic E-state index is -0.994. The van der Waals surface area contributed by atoms with E-state index in [1.54, 1.807) is 10.6 Å². The number of aryl methyl sites for hydroxylation is 1. The van der Waals surface area contributed by atoms with Crippen LogP contribution in [0.15, 0.2) is 16.7 Å². The van der Waals surface area contributed by atoms with Crippen molar-refractivity contribution in [2.45, 2.75) is 32.0 Å². The van der Waals surface area contributed by atoms with Crippen molar-refractivity contribution in [3.63, 3.8) is 0 Å². The van der Waals surface area contributed by atoms with Gasteiger partial charge < -0.3 is 19.3 Å². The summed E-state index contributed by atoms with van der Waals surface area (Å²) in [5, 5.41) is 9.26. The van der Waals surface area contributed by atoms with Crippen LogP contribution in [0.25, 0.3) is 0 Å². The highest BCUT2D eigenvalue weighted by atomic mass is 79.9. The number of aliphatic carboxylic acids is 1. The van der Waals surface area contributed by atoms with Crippen LogP contribution in [0.2, 0.25) is 0 Å². The van der Waals surface area contributed by atoms with Gasteiger partial charge in [-0.05, 0) is 28.9 Å². The molecule has 1 saturated heterocycles. The van der Waals surface area contributed by atoms with Crippen molar-refractivity contribution in [2.75, 3.05) is 13.7 Å². The van der Waals surface area contributed by atoms with E-state index in [0.29, 0.717) is 25.2 Å². The fourth-order valence-corrected chi connectivity index (χ4v) is 2.95. The quantitative estimate of drug-likeness (QED) is 0.900. The van der Waals surface area contributed by atoms with Gasteiger partial charge in [0.25, 0.3) is 5.91 Å². The zero-order valence-electron chi connectivity index (χ0n) is 11.4. The molecule has 110 valence electrons. The Hall–Kier alpha value is -1.34. The second-order valence-corrected chi connectivity index (χ2v) is 5.65. The van der Waals surface area contributed by atoms with Crippen LogP contribution < -0.4 is 0 Å². The number of nitrogens with zero attached hydrogens (tertiary/aromatic N) is 2. The van der Waals surface area contributed by atoms with E-state index in [2.05, 4.69) is 15.9 Å². The molecule has 2 heterocycles. The predicted molar refractivity (Wildman–Crippen MR) is 75.7 cm³/mol. The third-order valence-electron chi connectivity index (χ3n) is 3.56. The lowest BCUT2D eigenvalue weighted by molar-refractivity contribution is -0.141. The summed E-state index contributed by atoms with van der Waals surface area (Å²) >= 11 is 3.34. The molecule has 2 atom stereocenters. The summed E-state index contributed by atoms with van der Waals surface area (Å²) in [5.74, 6) is -1.27. The standard InChI is InChI=1S/C13H17BrN2O4/c1-3-15-6-8(14)4-10(15)12(17)16-7-9(20-2)5-11(16)13(18)19/h4,6,9,11H,3,5,7H2,1-2H3,(H,18,19). The molecule has 7 heteroatoms. The van der Waals surface area contributed by atoms with Crippen molar-refractivity contribution in [1.82, 2.24) is 9.47 Å². The number of ether oxygens (including phenoxy) is 1. The number of rotatable bonds is 4. The van der Waals surface area contributed by atoms with E-state index in [1.807, 2.05) is 13.1 Å². The number of hydrogen-bond acceptors (Lipinski definition) is 3. The molecule has 0 bridgehead atoms. The number of halogens is 1. The Bertz CT molecular complexity index is 528. The van der Waals surface area contributed by atoms with E-state index < -0.39 is 12.0 Å². The van der Waals surface area contributed by atoms with E-state index in [9.17, 15) is 14.7 Å². The number of amides is 1. The first kappa shape index (κ1) is 15.1. The number of likely N-dealkylation sites (tertiary alicyclic amines) is 1. The minimum Gasteiger partial charge on any atom is -0.480 e. The molecule has 1 fully saturated rings. The average molecular weight is 345 g/mol. The first-order valence-electron chi connectivity index (χ1n) is 6.40. The van der Waals surface area contributed by atoms with Gasteiger partial charge in [0, 0.05) is 37.3 Å². The molecule has 0 aliphatic carbocycles. The van der Waals surface area contributed by atoms with Crippen molar-refractivity contribution >= 4 is 27.8 Å². The van der Waals surface area contributed by atoms with Gasteiger partial charge in [-0.2, -0.15) is 0 Å². The van der Waals surface area contributed by atoms with E-state index in [1.165, 1.54) is 12.0 Å². The van der Waals surface area contributed by atoms with E-state index in [0.717, 1.165) is 4.47 Å². The fourth-order valence-electron chi connectivity index (χ4n) is 2.49. The lowest BCUT2D eigenvalue weighted by Crippen LogP contribution is -2.41. The summed E-state index contributed by atoms with van der Waals surface area (Å²) in [6.45, 7) is 2.88. The van der Waals surface area contributed by atoms with Crippen molar-refractivity contribution < 1.29 is 19.4 Å². The molecule has 2 rings (SSSR count). The third kappa shape index (κ3) is 2.73. The first-order chi connectivity index (χ1) is 9.47. The normalized spacial score (nSPS) is 22.2. The Kier molecular flexibility index (Phi) is 4.49. The van der Waals surface area contributed by atoms with E-state index in [-0.39, 0.29) is 12.0 Å². The molecule has 2 unspecified atom stereocenters. The van der Waals surface area contributed by atoms with Crippen LogP contribution in [0.5, 0.6) is 0 Å². The van der Waals surface area contributed by atoms with Crippen LogP contribution in [0.4, 0.5) is 0 Å². The summed E-state index contributed by atoms with van der Waals surface area (Å²) in [4.78, 5) is 25.3. The van der Waals surface area contributed by atoms with Crippen LogP contribution >= 0.6 is 15.9 Å². The van der Waals surface area contributed by atoms with Gasteiger partial charge in [-0.3, -0.25) is 4.79 Å². The van der Waals surface area contributed by atoms with Gasteiger partial charge in [0.05, 0.1) is 6.10 Å². The Labute approximate surface area is 125 Å². The number of carboxylic acids is 1. The van der Waals surface area contributed by atoms with Crippen LogP contribution in [-0.4, -0.2) is 52.3 Å². The third-order valence-corrected chi connectivity index (χ3v) is 4.00. The molecule has 1 aromatic rings. The summed E-state index contributed by atoms with van der Waals surface area (Å²) in [5.41, 5.74) is 0.488. The molecule has 6 nitrogen and oxygen atoms in total. The smallest absolute Gasteiger partial charge is 0.326 e. The van der Waals surface area contributed by atoms with Gasteiger partial charge in [-0.15, -0.1) is 0 Å². The van der Waals surface area contributed by atoms with Gasteiger partial charge in [0.2, 0.25) is 0 Å². The Morgan fingerprint density at radius 1 is 1.55 bits per heavy atom. The Balaban J connectivity index is 2.28. The monoisotopic (exact) mass is 344 g/mol. The molecule has 20 heavy (non-hydrogen) atoms. The molecule has 0 saturated carbocycles. The highest BCUT2D eigenvalue weighted by Crippen LogP contribution is 2.24. The number of carboxylic acid groups (broad SMARTS) is 1. The van der Waals surface area contributed by atoms with Gasteiger partial charge in [0.1, 0.15) is 11.7 Å². The van der Waals surface area contributed by atoms with Crippen molar-refractivity contribution in [3.8, 4) is 0 Å². The summed E-state index contributed by atoms with van der Waals surface area (Å²) in [6.07, 6.45) is 1.91. The number of carbonyl (C=O) groups excluding carboxylic acids is 1. The largest absolute Gasteiger partial charge is 0.480 e. The lowest BCUT2D eigenvalue weighted by atomic mass is 10.2. The van der Waals surface area contributed by atoms with Gasteiger partial charge in [-0.25, -0.2) is 4.79 Å². The molecule has 1 aliphatic heterocycles. The average Bonchev–Trinajstić information content (AvgIpc) is 3.00. The minimum absolute atomic E-state index is 0.228. The van der Waals surface area contributed by atoms with Gasteiger partial charge in [-0.1, -0.05) is 0 Å². The first-order valence-corrected chi connectivity index (χ1v) is 7.19. The lowest BCUT2D eigenvalue weighted by Gasteiger charge is -2.21. The topological polar surface area (TPSA) is 71.8 Å². The molecule has 0 radical (unpaired) electrons. The molecule has 1 aliphatic rings. The maximum Gasteiger partial charge on any atom is 0.326 e. The highest BCUT2D eigenvalue weighted by molar-refractivity contribution is 9.10. The number of carbonyl (C=O) groups is 2. The Morgan fingerprint density at radius 2 is 2.25 bits per heavy atom. The summed E-state index contributed by atoms with van der Waals surface area (Å²) < 4.78 is 7.80. The molecule has 0 spiro atoms.